The Labute approximate surface area is 87.3 Å². The summed E-state index contributed by atoms with van der Waals surface area (Å²) < 4.78 is 27.4. The molecule has 0 fully saturated rings. The van der Waals surface area contributed by atoms with Crippen molar-refractivity contribution in [2.75, 3.05) is 0 Å². The number of halogens is 3. The van der Waals surface area contributed by atoms with E-state index in [2.05, 4.69) is 0 Å². The summed E-state index contributed by atoms with van der Waals surface area (Å²) in [6.45, 7) is 1.94. The van der Waals surface area contributed by atoms with Crippen molar-refractivity contribution < 1.29 is 33.0 Å². The fourth-order valence-electron chi connectivity index (χ4n) is 0. The van der Waals surface area contributed by atoms with Crippen LogP contribution < -0.4 is 10.2 Å². The van der Waals surface area contributed by atoms with Gasteiger partial charge in [-0.05, 0) is 13.8 Å². The monoisotopic (exact) mass is 302 g/mol. The fraction of sp³-hybridized carbons (Fsp3) is 0.600. The molecule has 0 aliphatic rings. The standard InChI is InChI=1S/2C2H4O2.CF3.In/c2*1-2(3)4;2-1(3)4;/h2*1H3,(H,3,4);;/q;;;+2/p-2. The number of carbonyl (C=O) groups is 2. The predicted molar refractivity (Wildman–Crippen MR) is 33.2 cm³/mol. The van der Waals surface area contributed by atoms with E-state index in [0.29, 0.717) is 0 Å². The molecule has 0 rings (SSSR count). The Bertz CT molecular complexity index is 130. The maximum absolute atomic E-state index is 10.4. The Morgan fingerprint density at radius 2 is 1.08 bits per heavy atom. The Morgan fingerprint density at radius 3 is 1.08 bits per heavy atom. The molecule has 0 aromatic rings. The molecule has 0 radical (unpaired) electrons. The van der Waals surface area contributed by atoms with Gasteiger partial charge in [0, 0.05) is 11.9 Å². The molecule has 0 aromatic heterocycles. The van der Waals surface area contributed by atoms with Crippen molar-refractivity contribution in [3.05, 3.63) is 0 Å². The third kappa shape index (κ3) is 6690. The summed E-state index contributed by atoms with van der Waals surface area (Å²) in [5.41, 5.74) is 0. The minimum atomic E-state index is -3.87. The van der Waals surface area contributed by atoms with Crippen molar-refractivity contribution in [2.45, 2.75) is 17.8 Å². The van der Waals surface area contributed by atoms with Gasteiger partial charge in [0.25, 0.3) is 0 Å². The van der Waals surface area contributed by atoms with Gasteiger partial charge in [-0.15, -0.1) is 0 Å². The van der Waals surface area contributed by atoms with E-state index in [1.165, 1.54) is 0 Å². The number of carboxylic acid groups (broad SMARTS) is 2. The molecule has 0 heterocycles. The van der Waals surface area contributed by atoms with Gasteiger partial charge in [-0.1, -0.05) is 0 Å². The van der Waals surface area contributed by atoms with Crippen molar-refractivity contribution in [1.29, 1.82) is 0 Å². The van der Waals surface area contributed by atoms with Crippen molar-refractivity contribution >= 4 is 36.3 Å². The number of carbonyl (C=O) groups excluding carboxylic acids is 2. The Balaban J connectivity index is -0.000000117. The van der Waals surface area contributed by atoms with Crippen LogP contribution in [-0.2, 0) is 9.59 Å². The van der Waals surface area contributed by atoms with Crippen LogP contribution in [-0.4, -0.2) is 40.2 Å². The molecule has 0 spiro atoms. The molecule has 0 N–H and O–H groups in total. The van der Waals surface area contributed by atoms with Crippen LogP contribution in [0.4, 0.5) is 13.2 Å². The van der Waals surface area contributed by atoms with E-state index >= 15 is 0 Å². The molecule has 74 valence electrons. The van der Waals surface area contributed by atoms with Gasteiger partial charge in [0.15, 0.2) is 0 Å². The van der Waals surface area contributed by atoms with Gasteiger partial charge < -0.3 is 19.8 Å². The zero-order valence-corrected chi connectivity index (χ0v) is 10.1. The molecule has 0 aliphatic carbocycles. The first kappa shape index (κ1) is 18.4. The van der Waals surface area contributed by atoms with E-state index in [4.69, 9.17) is 19.8 Å². The van der Waals surface area contributed by atoms with Gasteiger partial charge in [-0.2, -0.15) is 0 Å². The van der Waals surface area contributed by atoms with E-state index in [1.54, 1.807) is 0 Å². The summed E-state index contributed by atoms with van der Waals surface area (Å²) in [4.78, 5) is 17.8. The van der Waals surface area contributed by atoms with Gasteiger partial charge in [-0.25, -0.2) is 0 Å². The molecule has 0 aromatic carbocycles. The number of aliphatic carboxylic acids is 2. The number of hydrogen-bond donors (Lipinski definition) is 0. The third-order valence-corrected chi connectivity index (χ3v) is 0. The Morgan fingerprint density at radius 1 is 1.08 bits per heavy atom. The fourth-order valence-corrected chi connectivity index (χ4v) is 0. The number of hydrogen-bond acceptors (Lipinski definition) is 4. The van der Waals surface area contributed by atoms with Gasteiger partial charge in [0.2, 0.25) is 0 Å². The van der Waals surface area contributed by atoms with Crippen molar-refractivity contribution in [3.63, 3.8) is 0 Å². The minimum absolute atomic E-state index is 0.636. The van der Waals surface area contributed by atoms with Crippen LogP contribution >= 0.6 is 0 Å². The van der Waals surface area contributed by atoms with Crippen LogP contribution in [0.2, 0.25) is 0 Å². The first-order valence-electron chi connectivity index (χ1n) is 2.67. The van der Waals surface area contributed by atoms with Gasteiger partial charge in [-0.3, -0.25) is 0 Å². The number of alkyl halides is 3. The molecule has 0 aliphatic heterocycles. The maximum atomic E-state index is 10.4. The molecular formula is C5H6F3InO4. The quantitative estimate of drug-likeness (QED) is 0.528. The molecule has 0 amide bonds. The van der Waals surface area contributed by atoms with Gasteiger partial charge >= 0.3 is 41.5 Å². The summed E-state index contributed by atoms with van der Waals surface area (Å²) in [6, 6.07) is 0. The van der Waals surface area contributed by atoms with E-state index in [9.17, 15) is 13.2 Å². The SMILES string of the molecule is CC(=O)[O-].CC(=O)[O-].F[C](F)(F)[In+2]. The first-order valence-corrected chi connectivity index (χ1v) is 4.32. The molecule has 4 nitrogen and oxygen atoms in total. The average molecular weight is 302 g/mol. The summed E-state index contributed by atoms with van der Waals surface area (Å²) in [7, 11) is 0. The van der Waals surface area contributed by atoms with Crippen LogP contribution in [0.3, 0.4) is 0 Å². The van der Waals surface area contributed by atoms with Crippen molar-refractivity contribution in [1.82, 2.24) is 0 Å². The molecule has 0 unspecified atom stereocenters. The summed E-state index contributed by atoms with van der Waals surface area (Å²) in [5, 5.41) is 17.8. The van der Waals surface area contributed by atoms with Crippen LogP contribution in [0, 0.1) is 0 Å². The summed E-state index contributed by atoms with van der Waals surface area (Å²) >= 11 is -0.636. The summed E-state index contributed by atoms with van der Waals surface area (Å²) in [5.74, 6) is -2.17. The summed E-state index contributed by atoms with van der Waals surface area (Å²) in [6.07, 6.45) is 0. The normalized spacial score (nSPS) is 8.54. The molecule has 13 heavy (non-hydrogen) atoms. The zero-order valence-electron chi connectivity index (χ0n) is 6.84. The second-order valence-corrected chi connectivity index (χ2v) is 3.39. The van der Waals surface area contributed by atoms with Crippen LogP contribution in [0.5, 0.6) is 0 Å². The molecule has 8 heteroatoms. The molecule has 0 saturated carbocycles. The zero-order chi connectivity index (χ0) is 11.7. The second-order valence-electron chi connectivity index (χ2n) is 1.52. The number of rotatable bonds is 0. The van der Waals surface area contributed by atoms with Gasteiger partial charge in [0.1, 0.15) is 0 Å². The first-order chi connectivity index (χ1) is 5.46. The van der Waals surface area contributed by atoms with Crippen molar-refractivity contribution in [2.24, 2.45) is 0 Å². The van der Waals surface area contributed by atoms with Crippen LogP contribution in [0.1, 0.15) is 13.8 Å². The molecule has 0 atom stereocenters. The van der Waals surface area contributed by atoms with E-state index in [0.717, 1.165) is 13.8 Å². The van der Waals surface area contributed by atoms with E-state index < -0.39 is 40.2 Å². The van der Waals surface area contributed by atoms with Gasteiger partial charge in [0.05, 0.1) is 0 Å². The van der Waals surface area contributed by atoms with E-state index in [-0.39, 0.29) is 0 Å². The van der Waals surface area contributed by atoms with Crippen molar-refractivity contribution in [3.8, 4) is 0 Å². The second kappa shape index (κ2) is 9.69. The van der Waals surface area contributed by atoms with E-state index in [1.807, 2.05) is 0 Å². The van der Waals surface area contributed by atoms with Crippen LogP contribution in [0.25, 0.3) is 0 Å². The molecule has 0 saturated heterocycles. The average Bonchev–Trinajstić information content (AvgIpc) is 1.50. The third-order valence-electron chi connectivity index (χ3n) is 0. The number of carboxylic acids is 2. The van der Waals surface area contributed by atoms with Crippen LogP contribution in [0.15, 0.2) is 0 Å². The molecular weight excluding hydrogens is 296 g/mol. The predicted octanol–water partition coefficient (Wildman–Crippen LogP) is -1.81. The Kier molecular flexibility index (Phi) is 13.7. The Hall–Kier alpha value is -0.400. The topological polar surface area (TPSA) is 80.3 Å². The molecule has 0 bridgehead atoms.